The van der Waals surface area contributed by atoms with Crippen molar-refractivity contribution in [2.45, 2.75) is 19.8 Å². The Balaban J connectivity index is 0.00000208. The van der Waals surface area contributed by atoms with E-state index in [0.717, 1.165) is 31.5 Å². The third-order valence-corrected chi connectivity index (χ3v) is 4.90. The summed E-state index contributed by atoms with van der Waals surface area (Å²) < 4.78 is 0. The van der Waals surface area contributed by atoms with Gasteiger partial charge in [0.15, 0.2) is 0 Å². The molecule has 0 radical (unpaired) electrons. The van der Waals surface area contributed by atoms with Crippen molar-refractivity contribution in [1.82, 2.24) is 15.1 Å². The third kappa shape index (κ3) is 4.08. The number of amides is 2. The predicted octanol–water partition coefficient (Wildman–Crippen LogP) is 1.56. The Morgan fingerprint density at radius 1 is 1.08 bits per heavy atom. The first-order valence-electron chi connectivity index (χ1n) is 8.56. The maximum Gasteiger partial charge on any atom is 0.253 e. The van der Waals surface area contributed by atoms with Crippen molar-refractivity contribution in [2.75, 3.05) is 39.3 Å². The molecule has 5 nitrogen and oxygen atoms in total. The molecule has 2 aliphatic rings. The number of nitrogens with one attached hydrogen (secondary N) is 1. The van der Waals surface area contributed by atoms with Gasteiger partial charge in [-0.3, -0.25) is 9.59 Å². The van der Waals surface area contributed by atoms with E-state index in [0.29, 0.717) is 26.2 Å². The van der Waals surface area contributed by atoms with E-state index in [1.807, 2.05) is 34.1 Å². The van der Waals surface area contributed by atoms with Crippen LogP contribution in [0.3, 0.4) is 0 Å². The Bertz CT molecular complexity index is 562. The number of carbonyl (C=O) groups excluding carboxylic acids is 2. The van der Waals surface area contributed by atoms with Gasteiger partial charge in [-0.15, -0.1) is 12.4 Å². The molecule has 0 aromatic heterocycles. The number of hydrogen-bond donors (Lipinski definition) is 1. The molecule has 2 saturated heterocycles. The summed E-state index contributed by atoms with van der Waals surface area (Å²) in [5, 5.41) is 3.24. The van der Waals surface area contributed by atoms with Gasteiger partial charge in [0.2, 0.25) is 5.91 Å². The van der Waals surface area contributed by atoms with Gasteiger partial charge in [0.05, 0.1) is 5.92 Å². The minimum absolute atomic E-state index is 0. The molecular weight excluding hydrogens is 326 g/mol. The standard InChI is InChI=1S/C18H25N3O2.ClH/c1-2-14-3-5-15(6-4-14)17(22)20-9-11-21(12-10-20)18(23)16-7-8-19-13-16;/h3-6,16,19H,2,7-13H2,1H3;1H. The molecule has 2 aliphatic heterocycles. The van der Waals surface area contributed by atoms with Gasteiger partial charge >= 0.3 is 0 Å². The molecule has 0 spiro atoms. The van der Waals surface area contributed by atoms with E-state index in [9.17, 15) is 9.59 Å². The minimum atomic E-state index is 0. The molecule has 2 heterocycles. The number of rotatable bonds is 3. The summed E-state index contributed by atoms with van der Waals surface area (Å²) >= 11 is 0. The first kappa shape index (κ1) is 18.7. The van der Waals surface area contributed by atoms with Gasteiger partial charge in [0.1, 0.15) is 0 Å². The highest BCUT2D eigenvalue weighted by molar-refractivity contribution is 5.94. The van der Waals surface area contributed by atoms with Crippen LogP contribution in [0, 0.1) is 5.92 Å². The number of hydrogen-bond acceptors (Lipinski definition) is 3. The maximum absolute atomic E-state index is 12.5. The Hall–Kier alpha value is -1.59. The number of carbonyl (C=O) groups is 2. The average Bonchev–Trinajstić information content (AvgIpc) is 3.15. The van der Waals surface area contributed by atoms with Crippen LogP contribution in [0.4, 0.5) is 0 Å². The van der Waals surface area contributed by atoms with Crippen molar-refractivity contribution in [3.8, 4) is 0 Å². The zero-order chi connectivity index (χ0) is 16.2. The lowest BCUT2D eigenvalue weighted by molar-refractivity contribution is -0.136. The average molecular weight is 352 g/mol. The van der Waals surface area contributed by atoms with Crippen molar-refractivity contribution in [2.24, 2.45) is 5.92 Å². The van der Waals surface area contributed by atoms with E-state index in [-0.39, 0.29) is 30.1 Å². The van der Waals surface area contributed by atoms with E-state index >= 15 is 0 Å². The van der Waals surface area contributed by atoms with E-state index in [2.05, 4.69) is 12.2 Å². The fourth-order valence-electron chi connectivity index (χ4n) is 3.32. The summed E-state index contributed by atoms with van der Waals surface area (Å²) in [7, 11) is 0. The lowest BCUT2D eigenvalue weighted by Crippen LogP contribution is -2.52. The van der Waals surface area contributed by atoms with Crippen LogP contribution in [0.15, 0.2) is 24.3 Å². The van der Waals surface area contributed by atoms with Gasteiger partial charge < -0.3 is 15.1 Å². The molecule has 0 aliphatic carbocycles. The Labute approximate surface area is 149 Å². The van der Waals surface area contributed by atoms with E-state index in [1.54, 1.807) is 0 Å². The van der Waals surface area contributed by atoms with Gasteiger partial charge in [0.25, 0.3) is 5.91 Å². The van der Waals surface area contributed by atoms with E-state index in [1.165, 1.54) is 5.56 Å². The third-order valence-electron chi connectivity index (χ3n) is 4.90. The fourth-order valence-corrected chi connectivity index (χ4v) is 3.32. The molecule has 1 unspecified atom stereocenters. The zero-order valence-electron chi connectivity index (χ0n) is 14.2. The fraction of sp³-hybridized carbons (Fsp3) is 0.556. The van der Waals surface area contributed by atoms with Gasteiger partial charge in [-0.25, -0.2) is 0 Å². The van der Waals surface area contributed by atoms with E-state index < -0.39 is 0 Å². The van der Waals surface area contributed by atoms with E-state index in [4.69, 9.17) is 0 Å². The molecule has 3 rings (SSSR count). The topological polar surface area (TPSA) is 52.7 Å². The highest BCUT2D eigenvalue weighted by Crippen LogP contribution is 2.15. The van der Waals surface area contributed by atoms with Crippen molar-refractivity contribution >= 4 is 24.2 Å². The Kier molecular flexibility index (Phi) is 6.63. The number of nitrogens with zero attached hydrogens (tertiary/aromatic N) is 2. The van der Waals surface area contributed by atoms with Crippen LogP contribution >= 0.6 is 12.4 Å². The lowest BCUT2D eigenvalue weighted by atomic mass is 10.1. The van der Waals surface area contributed by atoms with Crippen LogP contribution in [-0.2, 0) is 11.2 Å². The van der Waals surface area contributed by atoms with Crippen LogP contribution in [0.2, 0.25) is 0 Å². The number of halogens is 1. The highest BCUT2D eigenvalue weighted by atomic mass is 35.5. The van der Waals surface area contributed by atoms with Gasteiger partial charge in [-0.1, -0.05) is 19.1 Å². The number of piperazine rings is 1. The summed E-state index contributed by atoms with van der Waals surface area (Å²) in [5.74, 6) is 0.440. The SMILES string of the molecule is CCc1ccc(C(=O)N2CCN(C(=O)C3CCNC3)CC2)cc1.Cl. The second-order valence-electron chi connectivity index (χ2n) is 6.36. The number of aryl methyl sites for hydroxylation is 1. The summed E-state index contributed by atoms with van der Waals surface area (Å²) in [6, 6.07) is 7.84. The molecule has 2 amide bonds. The number of benzene rings is 1. The molecule has 1 N–H and O–H groups in total. The molecule has 1 aromatic rings. The molecular formula is C18H26ClN3O2. The minimum Gasteiger partial charge on any atom is -0.339 e. The highest BCUT2D eigenvalue weighted by Gasteiger charge is 2.30. The van der Waals surface area contributed by atoms with Crippen LogP contribution < -0.4 is 5.32 Å². The van der Waals surface area contributed by atoms with Crippen molar-refractivity contribution in [1.29, 1.82) is 0 Å². The lowest BCUT2D eigenvalue weighted by Gasteiger charge is -2.36. The van der Waals surface area contributed by atoms with Crippen molar-refractivity contribution in [3.63, 3.8) is 0 Å². The second-order valence-corrected chi connectivity index (χ2v) is 6.36. The normalized spacial score (nSPS) is 20.6. The molecule has 1 atom stereocenters. The maximum atomic E-state index is 12.5. The second kappa shape index (κ2) is 8.49. The summed E-state index contributed by atoms with van der Waals surface area (Å²) in [6.45, 7) is 6.38. The van der Waals surface area contributed by atoms with Gasteiger partial charge in [0, 0.05) is 38.3 Å². The first-order chi connectivity index (χ1) is 11.2. The van der Waals surface area contributed by atoms with Crippen LogP contribution in [0.25, 0.3) is 0 Å². The van der Waals surface area contributed by atoms with Crippen molar-refractivity contribution < 1.29 is 9.59 Å². The Morgan fingerprint density at radius 2 is 1.71 bits per heavy atom. The Morgan fingerprint density at radius 3 is 2.25 bits per heavy atom. The molecule has 132 valence electrons. The van der Waals surface area contributed by atoms with Crippen molar-refractivity contribution in [3.05, 3.63) is 35.4 Å². The van der Waals surface area contributed by atoms with Crippen LogP contribution in [-0.4, -0.2) is 60.9 Å². The summed E-state index contributed by atoms with van der Waals surface area (Å²) in [5.41, 5.74) is 1.98. The molecule has 0 saturated carbocycles. The monoisotopic (exact) mass is 351 g/mol. The van der Waals surface area contributed by atoms with Crippen LogP contribution in [0.1, 0.15) is 29.3 Å². The van der Waals surface area contributed by atoms with Gasteiger partial charge in [-0.2, -0.15) is 0 Å². The predicted molar refractivity (Wildman–Crippen MR) is 96.5 cm³/mol. The largest absolute Gasteiger partial charge is 0.339 e. The molecule has 24 heavy (non-hydrogen) atoms. The quantitative estimate of drug-likeness (QED) is 0.899. The summed E-state index contributed by atoms with van der Waals surface area (Å²) in [6.07, 6.45) is 1.91. The first-order valence-corrected chi connectivity index (χ1v) is 8.56. The summed E-state index contributed by atoms with van der Waals surface area (Å²) in [4.78, 5) is 28.7. The molecule has 6 heteroatoms. The van der Waals surface area contributed by atoms with Gasteiger partial charge in [-0.05, 0) is 37.1 Å². The van der Waals surface area contributed by atoms with Crippen LogP contribution in [0.5, 0.6) is 0 Å². The smallest absolute Gasteiger partial charge is 0.253 e. The molecule has 1 aromatic carbocycles. The molecule has 0 bridgehead atoms. The molecule has 2 fully saturated rings. The zero-order valence-corrected chi connectivity index (χ0v) is 15.0.